The van der Waals surface area contributed by atoms with Gasteiger partial charge in [0.05, 0.1) is 17.9 Å². The van der Waals surface area contributed by atoms with E-state index in [1.807, 2.05) is 0 Å². The number of hydrogen-bond donors (Lipinski definition) is 2. The molecule has 0 aromatic heterocycles. The summed E-state index contributed by atoms with van der Waals surface area (Å²) in [6.07, 6.45) is 9.75. The number of esters is 1. The maximum Gasteiger partial charge on any atom is 0.333 e. The quantitative estimate of drug-likeness (QED) is 0.231. The second-order valence-corrected chi connectivity index (χ2v) is 9.32. The predicted octanol–water partition coefficient (Wildman–Crippen LogP) is 5.45. The lowest BCUT2D eigenvalue weighted by molar-refractivity contribution is -0.161. The molecule has 30 heavy (non-hydrogen) atoms. The van der Waals surface area contributed by atoms with Crippen molar-refractivity contribution in [2.75, 3.05) is 6.61 Å². The Kier molecular flexibility index (Phi) is 11.1. The van der Waals surface area contributed by atoms with Crippen molar-refractivity contribution < 1.29 is 29.3 Å². The standard InChI is InChI=1S/C24H40O6/c1-17(2)12-8-6-5-7-11-15-30-22(27)19(18(3)4)16-24(23(28)29)14-10-9-13-20(24)21(25)26/h16-18,20H,5-15H2,1-4H3,(H,25,26)(H,28,29). The van der Waals surface area contributed by atoms with Crippen LogP contribution in [0.4, 0.5) is 0 Å². The third-order valence-electron chi connectivity index (χ3n) is 6.08. The highest BCUT2D eigenvalue weighted by Gasteiger charge is 2.50. The Hall–Kier alpha value is -1.85. The molecule has 1 fully saturated rings. The normalized spacial score (nSPS) is 22.3. The number of carbonyl (C=O) groups is 3. The summed E-state index contributed by atoms with van der Waals surface area (Å²) >= 11 is 0. The smallest absolute Gasteiger partial charge is 0.333 e. The topological polar surface area (TPSA) is 101 Å². The fourth-order valence-electron chi connectivity index (χ4n) is 4.20. The van der Waals surface area contributed by atoms with Crippen molar-refractivity contribution in [1.29, 1.82) is 0 Å². The van der Waals surface area contributed by atoms with Gasteiger partial charge in [0.25, 0.3) is 0 Å². The molecule has 0 aromatic carbocycles. The molecule has 2 atom stereocenters. The van der Waals surface area contributed by atoms with Crippen LogP contribution in [0.5, 0.6) is 0 Å². The summed E-state index contributed by atoms with van der Waals surface area (Å²) in [7, 11) is 0. The zero-order chi connectivity index (χ0) is 22.7. The minimum absolute atomic E-state index is 0.221. The summed E-state index contributed by atoms with van der Waals surface area (Å²) in [6.45, 7) is 8.35. The molecule has 1 aliphatic carbocycles. The van der Waals surface area contributed by atoms with Crippen LogP contribution in [0.3, 0.4) is 0 Å². The molecule has 1 rings (SSSR count). The van der Waals surface area contributed by atoms with Gasteiger partial charge >= 0.3 is 17.9 Å². The van der Waals surface area contributed by atoms with Crippen LogP contribution < -0.4 is 0 Å². The van der Waals surface area contributed by atoms with E-state index >= 15 is 0 Å². The van der Waals surface area contributed by atoms with Crippen molar-refractivity contribution in [1.82, 2.24) is 0 Å². The Morgan fingerprint density at radius 2 is 1.63 bits per heavy atom. The Morgan fingerprint density at radius 3 is 2.20 bits per heavy atom. The van der Waals surface area contributed by atoms with E-state index in [9.17, 15) is 24.6 Å². The van der Waals surface area contributed by atoms with Gasteiger partial charge in [-0.25, -0.2) is 4.79 Å². The maximum atomic E-state index is 12.7. The van der Waals surface area contributed by atoms with E-state index in [0.29, 0.717) is 25.9 Å². The first kappa shape index (κ1) is 26.2. The van der Waals surface area contributed by atoms with Crippen LogP contribution in [0.25, 0.3) is 0 Å². The molecule has 6 nitrogen and oxygen atoms in total. The lowest BCUT2D eigenvalue weighted by Gasteiger charge is -2.37. The van der Waals surface area contributed by atoms with E-state index in [1.54, 1.807) is 13.8 Å². The molecule has 0 aromatic rings. The van der Waals surface area contributed by atoms with Crippen LogP contribution in [-0.2, 0) is 19.1 Å². The highest BCUT2D eigenvalue weighted by atomic mass is 16.5. The van der Waals surface area contributed by atoms with Gasteiger partial charge in [-0.15, -0.1) is 0 Å². The fraction of sp³-hybridized carbons (Fsp3) is 0.792. The second-order valence-electron chi connectivity index (χ2n) is 9.32. The van der Waals surface area contributed by atoms with E-state index in [4.69, 9.17) is 4.74 Å². The number of hydrogen-bond acceptors (Lipinski definition) is 4. The molecule has 0 aliphatic heterocycles. The Morgan fingerprint density at radius 1 is 1.00 bits per heavy atom. The van der Waals surface area contributed by atoms with E-state index in [1.165, 1.54) is 25.3 Å². The molecular weight excluding hydrogens is 384 g/mol. The Bertz CT molecular complexity index is 607. The van der Waals surface area contributed by atoms with Gasteiger partial charge in [-0.3, -0.25) is 9.59 Å². The van der Waals surface area contributed by atoms with Gasteiger partial charge in [0.15, 0.2) is 0 Å². The first-order valence-corrected chi connectivity index (χ1v) is 11.5. The molecule has 0 spiro atoms. The van der Waals surface area contributed by atoms with Gasteiger partial charge in [0.1, 0.15) is 0 Å². The minimum atomic E-state index is -1.56. The number of carbonyl (C=O) groups excluding carboxylic acids is 1. The Balaban J connectivity index is 2.74. The maximum absolute atomic E-state index is 12.7. The molecular formula is C24H40O6. The lowest BCUT2D eigenvalue weighted by atomic mass is 9.65. The van der Waals surface area contributed by atoms with E-state index in [0.717, 1.165) is 25.2 Å². The summed E-state index contributed by atoms with van der Waals surface area (Å²) in [4.78, 5) is 36.6. The fourth-order valence-corrected chi connectivity index (χ4v) is 4.20. The van der Waals surface area contributed by atoms with Crippen LogP contribution in [-0.4, -0.2) is 34.7 Å². The molecule has 0 bridgehead atoms. The highest BCUT2D eigenvalue weighted by Crippen LogP contribution is 2.44. The van der Waals surface area contributed by atoms with Gasteiger partial charge in [0, 0.05) is 5.57 Å². The molecule has 2 N–H and O–H groups in total. The van der Waals surface area contributed by atoms with Gasteiger partial charge in [0.2, 0.25) is 0 Å². The summed E-state index contributed by atoms with van der Waals surface area (Å²) < 4.78 is 5.42. The van der Waals surface area contributed by atoms with Crippen LogP contribution in [0, 0.1) is 23.2 Å². The van der Waals surface area contributed by atoms with Gasteiger partial charge in [-0.05, 0) is 31.1 Å². The number of unbranched alkanes of at least 4 members (excludes halogenated alkanes) is 4. The highest BCUT2D eigenvalue weighted by molar-refractivity contribution is 5.92. The van der Waals surface area contributed by atoms with Crippen LogP contribution >= 0.6 is 0 Å². The number of carboxylic acid groups (broad SMARTS) is 2. The van der Waals surface area contributed by atoms with Gasteiger partial charge in [-0.1, -0.05) is 78.7 Å². The number of carboxylic acids is 2. The lowest BCUT2D eigenvalue weighted by Crippen LogP contribution is -2.44. The first-order valence-electron chi connectivity index (χ1n) is 11.5. The number of aliphatic carboxylic acids is 2. The third kappa shape index (κ3) is 7.77. The third-order valence-corrected chi connectivity index (χ3v) is 6.08. The molecule has 172 valence electrons. The van der Waals surface area contributed by atoms with E-state index in [2.05, 4.69) is 13.8 Å². The van der Waals surface area contributed by atoms with Crippen molar-refractivity contribution in [3.63, 3.8) is 0 Å². The molecule has 0 amide bonds. The van der Waals surface area contributed by atoms with Gasteiger partial charge < -0.3 is 14.9 Å². The number of ether oxygens (including phenoxy) is 1. The SMILES string of the molecule is CC(C)CCCCCCCOC(=O)C(=CC1(C(=O)O)CCCCC1C(=O)O)C(C)C. The average Bonchev–Trinajstić information content (AvgIpc) is 2.67. The Labute approximate surface area is 181 Å². The monoisotopic (exact) mass is 424 g/mol. The summed E-state index contributed by atoms with van der Waals surface area (Å²) in [6, 6.07) is 0. The largest absolute Gasteiger partial charge is 0.481 e. The van der Waals surface area contributed by atoms with Crippen molar-refractivity contribution in [3.05, 3.63) is 11.6 Å². The van der Waals surface area contributed by atoms with E-state index in [-0.39, 0.29) is 17.9 Å². The second kappa shape index (κ2) is 12.8. The first-order chi connectivity index (χ1) is 14.1. The van der Waals surface area contributed by atoms with Gasteiger partial charge in [-0.2, -0.15) is 0 Å². The number of rotatable bonds is 13. The van der Waals surface area contributed by atoms with E-state index < -0.39 is 29.2 Å². The molecule has 1 aliphatic rings. The molecule has 0 saturated heterocycles. The van der Waals surface area contributed by atoms with Crippen molar-refractivity contribution in [2.24, 2.45) is 23.2 Å². The average molecular weight is 425 g/mol. The molecule has 0 radical (unpaired) electrons. The zero-order valence-corrected chi connectivity index (χ0v) is 19.1. The van der Waals surface area contributed by atoms with Crippen LogP contribution in [0.2, 0.25) is 0 Å². The van der Waals surface area contributed by atoms with Crippen LogP contribution in [0.15, 0.2) is 11.6 Å². The van der Waals surface area contributed by atoms with Crippen molar-refractivity contribution in [3.8, 4) is 0 Å². The molecule has 2 unspecified atom stereocenters. The van der Waals surface area contributed by atoms with Crippen molar-refractivity contribution >= 4 is 17.9 Å². The molecule has 1 saturated carbocycles. The minimum Gasteiger partial charge on any atom is -0.481 e. The molecule has 6 heteroatoms. The zero-order valence-electron chi connectivity index (χ0n) is 19.1. The summed E-state index contributed by atoms with van der Waals surface area (Å²) in [5.74, 6) is -3.38. The summed E-state index contributed by atoms with van der Waals surface area (Å²) in [5.41, 5.74) is -1.29. The predicted molar refractivity (Wildman–Crippen MR) is 116 cm³/mol. The summed E-state index contributed by atoms with van der Waals surface area (Å²) in [5, 5.41) is 19.5. The van der Waals surface area contributed by atoms with Crippen LogP contribution in [0.1, 0.15) is 91.9 Å². The molecule has 0 heterocycles. The van der Waals surface area contributed by atoms with Crippen molar-refractivity contribution in [2.45, 2.75) is 91.9 Å².